The summed E-state index contributed by atoms with van der Waals surface area (Å²) >= 11 is 11.8. The van der Waals surface area contributed by atoms with Gasteiger partial charge in [-0.2, -0.15) is 0 Å². The Bertz CT molecular complexity index is 426. The van der Waals surface area contributed by atoms with Gasteiger partial charge in [-0.15, -0.1) is 0 Å². The molecule has 0 fully saturated rings. The van der Waals surface area contributed by atoms with Crippen LogP contribution in [0.2, 0.25) is 10.0 Å². The second-order valence-electron chi connectivity index (χ2n) is 3.80. The molecule has 0 aliphatic carbocycles. The zero-order valence-corrected chi connectivity index (χ0v) is 11.7. The summed E-state index contributed by atoms with van der Waals surface area (Å²) in [4.78, 5) is 13.2. The molecule has 0 spiro atoms. The number of ether oxygens (including phenoxy) is 1. The van der Waals surface area contributed by atoms with Crippen molar-refractivity contribution in [2.45, 2.75) is 13.0 Å². The normalized spacial score (nSPS) is 12.1. The van der Waals surface area contributed by atoms with Crippen LogP contribution in [0.4, 0.5) is 0 Å². The molecule has 1 aromatic rings. The van der Waals surface area contributed by atoms with Gasteiger partial charge < -0.3 is 14.7 Å². The van der Waals surface area contributed by atoms with Gasteiger partial charge in [-0.3, -0.25) is 4.79 Å². The first-order chi connectivity index (χ1) is 8.47. The van der Waals surface area contributed by atoms with Crippen molar-refractivity contribution in [3.8, 4) is 5.75 Å². The molecule has 0 aromatic heterocycles. The lowest BCUT2D eigenvalue weighted by Crippen LogP contribution is -2.39. The summed E-state index contributed by atoms with van der Waals surface area (Å²) in [6, 6.07) is 4.98. The number of nitrogens with zero attached hydrogens (tertiary/aromatic N) is 1. The Morgan fingerprint density at radius 1 is 1.50 bits per heavy atom. The molecule has 0 aliphatic rings. The van der Waals surface area contributed by atoms with Crippen molar-refractivity contribution in [3.05, 3.63) is 28.2 Å². The minimum atomic E-state index is -0.697. The maximum Gasteiger partial charge on any atom is 0.263 e. The molecule has 100 valence electrons. The molecule has 1 rings (SSSR count). The van der Waals surface area contributed by atoms with Gasteiger partial charge in [0.05, 0.1) is 11.6 Å². The van der Waals surface area contributed by atoms with E-state index in [4.69, 9.17) is 33.0 Å². The Kier molecular flexibility index (Phi) is 5.72. The number of hydrogen-bond donors (Lipinski definition) is 1. The summed E-state index contributed by atoms with van der Waals surface area (Å²) in [7, 11) is 1.60. The van der Waals surface area contributed by atoms with Crippen molar-refractivity contribution in [3.63, 3.8) is 0 Å². The van der Waals surface area contributed by atoms with Crippen molar-refractivity contribution >= 4 is 29.1 Å². The molecule has 1 unspecified atom stereocenters. The molecule has 4 nitrogen and oxygen atoms in total. The van der Waals surface area contributed by atoms with Crippen LogP contribution in [0, 0.1) is 0 Å². The van der Waals surface area contributed by atoms with E-state index in [-0.39, 0.29) is 24.1 Å². The summed E-state index contributed by atoms with van der Waals surface area (Å²) in [5.74, 6) is 0.127. The molecule has 0 aliphatic heterocycles. The van der Waals surface area contributed by atoms with Crippen molar-refractivity contribution in [1.82, 2.24) is 4.90 Å². The fraction of sp³-hybridized carbons (Fsp3) is 0.417. The van der Waals surface area contributed by atoms with Crippen LogP contribution in [0.1, 0.15) is 6.92 Å². The van der Waals surface area contributed by atoms with Gasteiger partial charge in [-0.05, 0) is 19.1 Å². The molecule has 1 aromatic carbocycles. The Hall–Kier alpha value is -0.970. The van der Waals surface area contributed by atoms with Crippen LogP contribution >= 0.6 is 23.2 Å². The highest BCUT2D eigenvalue weighted by Crippen LogP contribution is 2.32. The highest BCUT2D eigenvalue weighted by atomic mass is 35.5. The summed E-state index contributed by atoms with van der Waals surface area (Å²) in [6.07, 6.45) is -0.697. The first-order valence-electron chi connectivity index (χ1n) is 5.44. The molecule has 18 heavy (non-hydrogen) atoms. The second kappa shape index (κ2) is 6.83. The van der Waals surface area contributed by atoms with Crippen LogP contribution in [0.3, 0.4) is 0 Å². The molecule has 0 saturated carbocycles. The van der Waals surface area contributed by atoms with E-state index in [9.17, 15) is 4.79 Å². The number of aliphatic hydroxyl groups excluding tert-OH is 1. The van der Waals surface area contributed by atoms with Crippen LogP contribution in [0.5, 0.6) is 5.75 Å². The zero-order valence-electron chi connectivity index (χ0n) is 10.2. The molecular weight excluding hydrogens is 277 g/mol. The van der Waals surface area contributed by atoms with E-state index in [0.29, 0.717) is 10.8 Å². The third kappa shape index (κ3) is 3.77. The highest BCUT2D eigenvalue weighted by molar-refractivity contribution is 6.42. The smallest absolute Gasteiger partial charge is 0.263 e. The van der Waals surface area contributed by atoms with Gasteiger partial charge in [0.15, 0.2) is 6.10 Å². The molecule has 6 heteroatoms. The third-order valence-electron chi connectivity index (χ3n) is 2.38. The standard InChI is InChI=1S/C12H15Cl2NO3/c1-8(12(17)15(2)6-7-16)18-10-5-3-4-9(13)11(10)14/h3-5,8,16H,6-7H2,1-2H3. The van der Waals surface area contributed by atoms with Gasteiger partial charge in [0.2, 0.25) is 0 Å². The fourth-order valence-electron chi connectivity index (χ4n) is 1.39. The summed E-state index contributed by atoms with van der Waals surface area (Å²) < 4.78 is 5.47. The summed E-state index contributed by atoms with van der Waals surface area (Å²) in [5.41, 5.74) is 0. The fourth-order valence-corrected chi connectivity index (χ4v) is 1.72. The molecule has 1 N–H and O–H groups in total. The number of amides is 1. The monoisotopic (exact) mass is 291 g/mol. The van der Waals surface area contributed by atoms with Gasteiger partial charge in [-0.1, -0.05) is 29.3 Å². The van der Waals surface area contributed by atoms with Crippen molar-refractivity contribution < 1.29 is 14.6 Å². The van der Waals surface area contributed by atoms with Crippen LogP contribution in [-0.2, 0) is 4.79 Å². The van der Waals surface area contributed by atoms with E-state index >= 15 is 0 Å². The number of halogens is 2. The van der Waals surface area contributed by atoms with E-state index < -0.39 is 6.10 Å². The highest BCUT2D eigenvalue weighted by Gasteiger charge is 2.20. The topological polar surface area (TPSA) is 49.8 Å². The Labute approximate surface area is 116 Å². The minimum absolute atomic E-state index is 0.0904. The van der Waals surface area contributed by atoms with E-state index in [1.54, 1.807) is 32.2 Å². The Balaban J connectivity index is 2.72. The summed E-state index contributed by atoms with van der Waals surface area (Å²) in [6.45, 7) is 1.79. The van der Waals surface area contributed by atoms with Crippen molar-refractivity contribution in [2.24, 2.45) is 0 Å². The SMILES string of the molecule is CC(Oc1cccc(Cl)c1Cl)C(=O)N(C)CCO. The third-order valence-corrected chi connectivity index (χ3v) is 3.18. The number of rotatable bonds is 5. The summed E-state index contributed by atoms with van der Waals surface area (Å²) in [5, 5.41) is 9.42. The quantitative estimate of drug-likeness (QED) is 0.905. The van der Waals surface area contributed by atoms with Gasteiger partial charge in [-0.25, -0.2) is 0 Å². The van der Waals surface area contributed by atoms with Gasteiger partial charge >= 0.3 is 0 Å². The van der Waals surface area contributed by atoms with E-state index in [2.05, 4.69) is 0 Å². The van der Waals surface area contributed by atoms with Crippen LogP contribution in [0.15, 0.2) is 18.2 Å². The molecule has 0 bridgehead atoms. The van der Waals surface area contributed by atoms with Gasteiger partial charge in [0.25, 0.3) is 5.91 Å². The van der Waals surface area contributed by atoms with Crippen molar-refractivity contribution in [1.29, 1.82) is 0 Å². The number of benzene rings is 1. The van der Waals surface area contributed by atoms with Gasteiger partial charge in [0.1, 0.15) is 10.8 Å². The molecule has 0 radical (unpaired) electrons. The Morgan fingerprint density at radius 3 is 2.78 bits per heavy atom. The zero-order chi connectivity index (χ0) is 13.7. The van der Waals surface area contributed by atoms with E-state index in [1.165, 1.54) is 4.90 Å². The van der Waals surface area contributed by atoms with Crippen molar-refractivity contribution in [2.75, 3.05) is 20.2 Å². The second-order valence-corrected chi connectivity index (χ2v) is 4.58. The van der Waals surface area contributed by atoms with Crippen LogP contribution < -0.4 is 4.74 Å². The molecule has 1 amide bonds. The lowest BCUT2D eigenvalue weighted by atomic mass is 10.3. The van der Waals surface area contributed by atoms with Crippen LogP contribution in [-0.4, -0.2) is 42.2 Å². The van der Waals surface area contributed by atoms with Crippen LogP contribution in [0.25, 0.3) is 0 Å². The average Bonchev–Trinajstić information content (AvgIpc) is 2.34. The average molecular weight is 292 g/mol. The molecule has 1 atom stereocenters. The Morgan fingerprint density at radius 2 is 2.17 bits per heavy atom. The minimum Gasteiger partial charge on any atom is -0.479 e. The molecule has 0 heterocycles. The number of likely N-dealkylation sites (N-methyl/N-ethyl adjacent to an activating group) is 1. The van der Waals surface area contributed by atoms with Gasteiger partial charge in [0, 0.05) is 13.6 Å². The first kappa shape index (κ1) is 15.1. The predicted octanol–water partition coefficient (Wildman–Crippen LogP) is 2.21. The number of aliphatic hydroxyl groups is 1. The maximum absolute atomic E-state index is 11.8. The number of carbonyl (C=O) groups is 1. The number of carbonyl (C=O) groups excluding carboxylic acids is 1. The maximum atomic E-state index is 11.8. The largest absolute Gasteiger partial charge is 0.479 e. The lowest BCUT2D eigenvalue weighted by Gasteiger charge is -2.21. The lowest BCUT2D eigenvalue weighted by molar-refractivity contribution is -0.137. The predicted molar refractivity (Wildman–Crippen MR) is 71.3 cm³/mol. The van der Waals surface area contributed by atoms with E-state index in [1.807, 2.05) is 0 Å². The molecular formula is C12H15Cl2NO3. The first-order valence-corrected chi connectivity index (χ1v) is 6.19. The van der Waals surface area contributed by atoms with E-state index in [0.717, 1.165) is 0 Å². The molecule has 0 saturated heterocycles. The number of hydrogen-bond acceptors (Lipinski definition) is 3.